The quantitative estimate of drug-likeness (QED) is 0.0270. The van der Waals surface area contributed by atoms with Crippen molar-refractivity contribution in [2.24, 2.45) is 0 Å². The van der Waals surface area contributed by atoms with Gasteiger partial charge >= 0.3 is 5.97 Å². The predicted molar refractivity (Wildman–Crippen MR) is 242 cm³/mol. The Balaban J connectivity index is 2.17. The summed E-state index contributed by atoms with van der Waals surface area (Å²) in [6.45, 7) is 4.45. The number of ether oxygens (including phenoxy) is 4. The number of hydrogen-bond donors (Lipinski definition) is 4. The van der Waals surface area contributed by atoms with Crippen molar-refractivity contribution in [2.45, 2.75) is 237 Å². The van der Waals surface area contributed by atoms with Crippen LogP contribution in [0.3, 0.4) is 0 Å². The van der Waals surface area contributed by atoms with Gasteiger partial charge in [-0.3, -0.25) is 4.79 Å². The van der Waals surface area contributed by atoms with Crippen LogP contribution in [0.25, 0.3) is 0 Å². The van der Waals surface area contributed by atoms with Crippen LogP contribution in [0.4, 0.5) is 0 Å². The zero-order chi connectivity index (χ0) is 42.9. The van der Waals surface area contributed by atoms with Crippen LogP contribution in [-0.2, 0) is 23.7 Å². The minimum absolute atomic E-state index is 0.112. The van der Waals surface area contributed by atoms with Crippen LogP contribution >= 0.6 is 0 Å². The molecule has 59 heavy (non-hydrogen) atoms. The highest BCUT2D eigenvalue weighted by atomic mass is 16.7. The fourth-order valence-corrected chi connectivity index (χ4v) is 7.25. The van der Waals surface area contributed by atoms with Crippen LogP contribution in [0.5, 0.6) is 0 Å². The molecule has 1 rings (SSSR count). The van der Waals surface area contributed by atoms with Crippen LogP contribution in [0.15, 0.2) is 48.6 Å². The lowest BCUT2D eigenvalue weighted by molar-refractivity contribution is -0.305. The number of hydrogen-bond acceptors (Lipinski definition) is 9. The first kappa shape index (κ1) is 55.2. The van der Waals surface area contributed by atoms with Gasteiger partial charge in [0.2, 0.25) is 0 Å². The highest BCUT2D eigenvalue weighted by molar-refractivity contribution is 5.69. The lowest BCUT2D eigenvalue weighted by Gasteiger charge is -2.39. The SMILES string of the molecule is CC/C=C\C/C=C\C/C=C\C/C=C\CCCCCCCCCCCCCCC(=O)OC(COCCCCCCCCCCCCC)COC1OC(CO)C(O)C(O)C1O. The van der Waals surface area contributed by atoms with E-state index in [-0.39, 0.29) is 19.2 Å². The Morgan fingerprint density at radius 1 is 0.559 bits per heavy atom. The third-order valence-corrected chi connectivity index (χ3v) is 11.0. The molecule has 1 aliphatic rings. The van der Waals surface area contributed by atoms with E-state index in [9.17, 15) is 25.2 Å². The molecule has 344 valence electrons. The van der Waals surface area contributed by atoms with Crippen molar-refractivity contribution >= 4 is 5.97 Å². The van der Waals surface area contributed by atoms with Crippen molar-refractivity contribution in [1.82, 2.24) is 0 Å². The van der Waals surface area contributed by atoms with E-state index in [0.29, 0.717) is 13.0 Å². The van der Waals surface area contributed by atoms with Gasteiger partial charge in [0, 0.05) is 13.0 Å². The van der Waals surface area contributed by atoms with Gasteiger partial charge < -0.3 is 39.4 Å². The highest BCUT2D eigenvalue weighted by Gasteiger charge is 2.44. The number of aliphatic hydroxyl groups is 4. The topological polar surface area (TPSA) is 135 Å². The van der Waals surface area contributed by atoms with Crippen LogP contribution in [-0.4, -0.2) is 89.6 Å². The van der Waals surface area contributed by atoms with E-state index in [1.54, 1.807) is 0 Å². The molecule has 0 aromatic carbocycles. The molecule has 0 aliphatic carbocycles. The maximum Gasteiger partial charge on any atom is 0.306 e. The molecule has 1 heterocycles. The third kappa shape index (κ3) is 32.5. The molecule has 0 aromatic rings. The van der Waals surface area contributed by atoms with Crippen molar-refractivity contribution in [3.05, 3.63) is 48.6 Å². The van der Waals surface area contributed by atoms with E-state index in [2.05, 4.69) is 62.5 Å². The second-order valence-electron chi connectivity index (χ2n) is 16.5. The first-order valence-corrected chi connectivity index (χ1v) is 24.2. The first-order valence-electron chi connectivity index (χ1n) is 24.2. The summed E-state index contributed by atoms with van der Waals surface area (Å²) >= 11 is 0. The average molecular weight is 835 g/mol. The van der Waals surface area contributed by atoms with Crippen LogP contribution in [0, 0.1) is 0 Å². The molecular formula is C50H90O9. The molecule has 1 aliphatic heterocycles. The molecule has 6 unspecified atom stereocenters. The van der Waals surface area contributed by atoms with Gasteiger partial charge in [-0.15, -0.1) is 0 Å². The number of aliphatic hydroxyl groups excluding tert-OH is 4. The molecule has 0 aromatic heterocycles. The summed E-state index contributed by atoms with van der Waals surface area (Å²) in [7, 11) is 0. The minimum atomic E-state index is -1.54. The lowest BCUT2D eigenvalue weighted by atomic mass is 9.99. The van der Waals surface area contributed by atoms with Gasteiger partial charge in [-0.25, -0.2) is 0 Å². The van der Waals surface area contributed by atoms with E-state index in [1.165, 1.54) is 122 Å². The molecule has 1 fully saturated rings. The molecule has 0 saturated carbocycles. The summed E-state index contributed by atoms with van der Waals surface area (Å²) in [6, 6.07) is 0. The average Bonchev–Trinajstić information content (AvgIpc) is 3.24. The first-order chi connectivity index (χ1) is 28.9. The molecular weight excluding hydrogens is 745 g/mol. The maximum absolute atomic E-state index is 12.8. The zero-order valence-electron chi connectivity index (χ0n) is 37.7. The Morgan fingerprint density at radius 2 is 1.03 bits per heavy atom. The lowest BCUT2D eigenvalue weighted by Crippen LogP contribution is -2.59. The predicted octanol–water partition coefficient (Wildman–Crippen LogP) is 11.3. The Labute approximate surface area is 361 Å². The van der Waals surface area contributed by atoms with E-state index in [4.69, 9.17) is 18.9 Å². The molecule has 1 saturated heterocycles. The second kappa shape index (κ2) is 41.5. The number of carbonyl (C=O) groups is 1. The van der Waals surface area contributed by atoms with E-state index in [0.717, 1.165) is 57.8 Å². The van der Waals surface area contributed by atoms with E-state index in [1.807, 2.05) is 0 Å². The normalized spacial score (nSPS) is 20.5. The Bertz CT molecular complexity index is 1040. The summed E-state index contributed by atoms with van der Waals surface area (Å²) in [4.78, 5) is 12.8. The van der Waals surface area contributed by atoms with Crippen molar-refractivity contribution in [1.29, 1.82) is 0 Å². The van der Waals surface area contributed by atoms with Crippen molar-refractivity contribution < 1.29 is 44.2 Å². The van der Waals surface area contributed by atoms with Gasteiger partial charge in [-0.2, -0.15) is 0 Å². The van der Waals surface area contributed by atoms with Crippen molar-refractivity contribution in [3.8, 4) is 0 Å². The number of unbranched alkanes of at least 4 members (excludes halogenated alkanes) is 22. The number of rotatable bonds is 41. The standard InChI is InChI=1S/C50H90O9/c1-3-5-7-9-11-13-15-16-17-18-19-20-21-22-23-24-25-26-27-28-29-31-33-35-37-39-46(52)58-44(43-57-50-49(55)48(54)47(53)45(41-51)59-50)42-56-40-38-36-34-32-30-14-12-10-8-6-4-2/h5,7,11,13,16-17,19-20,44-45,47-51,53-55H,3-4,6,8-10,12,14-15,18,21-43H2,1-2H3/b7-5-,13-11-,17-16-,20-19-. The van der Waals surface area contributed by atoms with Crippen molar-refractivity contribution in [2.75, 3.05) is 26.4 Å². The summed E-state index contributed by atoms with van der Waals surface area (Å²) in [6.07, 6.45) is 44.3. The van der Waals surface area contributed by atoms with Crippen LogP contribution < -0.4 is 0 Å². The largest absolute Gasteiger partial charge is 0.457 e. The highest BCUT2D eigenvalue weighted by Crippen LogP contribution is 2.23. The minimum Gasteiger partial charge on any atom is -0.457 e. The number of carbonyl (C=O) groups excluding carboxylic acids is 1. The van der Waals surface area contributed by atoms with Crippen LogP contribution in [0.1, 0.15) is 200 Å². The van der Waals surface area contributed by atoms with Gasteiger partial charge in [0.05, 0.1) is 19.8 Å². The summed E-state index contributed by atoms with van der Waals surface area (Å²) in [5.41, 5.74) is 0. The number of allylic oxidation sites excluding steroid dienone is 8. The monoisotopic (exact) mass is 835 g/mol. The van der Waals surface area contributed by atoms with Gasteiger partial charge in [-0.1, -0.05) is 191 Å². The summed E-state index contributed by atoms with van der Waals surface area (Å²) < 4.78 is 22.8. The molecule has 0 spiro atoms. The molecule has 0 bridgehead atoms. The fourth-order valence-electron chi connectivity index (χ4n) is 7.25. The molecule has 9 nitrogen and oxygen atoms in total. The fraction of sp³-hybridized carbons (Fsp3) is 0.820. The zero-order valence-corrected chi connectivity index (χ0v) is 37.7. The van der Waals surface area contributed by atoms with E-state index >= 15 is 0 Å². The van der Waals surface area contributed by atoms with E-state index < -0.39 is 43.4 Å². The second-order valence-corrected chi connectivity index (χ2v) is 16.5. The van der Waals surface area contributed by atoms with Crippen LogP contribution in [0.2, 0.25) is 0 Å². The molecule has 0 radical (unpaired) electrons. The number of esters is 1. The molecule has 4 N–H and O–H groups in total. The van der Waals surface area contributed by atoms with Crippen molar-refractivity contribution in [3.63, 3.8) is 0 Å². The Hall–Kier alpha value is -1.85. The van der Waals surface area contributed by atoms with Gasteiger partial charge in [0.15, 0.2) is 6.29 Å². The summed E-state index contributed by atoms with van der Waals surface area (Å²) in [5.74, 6) is -0.316. The Kier molecular flexibility index (Phi) is 38.8. The molecule has 9 heteroatoms. The van der Waals surface area contributed by atoms with Gasteiger partial charge in [0.25, 0.3) is 0 Å². The van der Waals surface area contributed by atoms with Gasteiger partial charge in [-0.05, 0) is 51.4 Å². The van der Waals surface area contributed by atoms with Gasteiger partial charge in [0.1, 0.15) is 30.5 Å². The summed E-state index contributed by atoms with van der Waals surface area (Å²) in [5, 5.41) is 40.1. The Morgan fingerprint density at radius 3 is 1.56 bits per heavy atom. The molecule has 6 atom stereocenters. The third-order valence-electron chi connectivity index (χ3n) is 11.0. The smallest absolute Gasteiger partial charge is 0.306 e. The maximum atomic E-state index is 12.8. The molecule has 0 amide bonds.